The van der Waals surface area contributed by atoms with Crippen LogP contribution in [-0.2, 0) is 6.18 Å². The van der Waals surface area contributed by atoms with Gasteiger partial charge in [-0.3, -0.25) is 4.90 Å². The van der Waals surface area contributed by atoms with E-state index in [9.17, 15) is 18.4 Å². The standard InChI is InChI=1S/C21H19F3N6O/c22-21(23,24)17-7-14-19(28-17)26-11-27-20(14)29-18-13-3-1-2-4-16(13)31-10-15(18)30-6-5-12(8-25)9-30/h1-4,7,11-12,15,18H,5-6,9-10H2,(H2,26,27,28,29)/t12-,15-,18-/m0/s1. The first-order chi connectivity index (χ1) is 14.9. The van der Waals surface area contributed by atoms with Crippen molar-refractivity contribution in [2.24, 2.45) is 5.92 Å². The maximum absolute atomic E-state index is 13.2. The van der Waals surface area contributed by atoms with Crippen molar-refractivity contribution in [2.45, 2.75) is 24.7 Å². The van der Waals surface area contributed by atoms with E-state index in [1.54, 1.807) is 0 Å². The number of nitrogens with zero attached hydrogens (tertiary/aromatic N) is 4. The van der Waals surface area contributed by atoms with Gasteiger partial charge in [0.25, 0.3) is 0 Å². The molecular formula is C21H19F3N6O. The molecule has 3 atom stereocenters. The topological polar surface area (TPSA) is 89.9 Å². The second-order valence-corrected chi connectivity index (χ2v) is 7.81. The molecule has 0 radical (unpaired) electrons. The second kappa shape index (κ2) is 7.42. The van der Waals surface area contributed by atoms with Gasteiger partial charge in [-0.25, -0.2) is 9.97 Å². The summed E-state index contributed by atoms with van der Waals surface area (Å²) in [5.74, 6) is 1.00. The molecular weight excluding hydrogens is 409 g/mol. The Morgan fingerprint density at radius 1 is 1.26 bits per heavy atom. The van der Waals surface area contributed by atoms with Crippen LogP contribution < -0.4 is 10.1 Å². The number of H-pyrrole nitrogens is 1. The van der Waals surface area contributed by atoms with E-state index in [4.69, 9.17) is 4.74 Å². The maximum atomic E-state index is 13.2. The molecule has 0 spiro atoms. The van der Waals surface area contributed by atoms with Crippen molar-refractivity contribution in [2.75, 3.05) is 25.0 Å². The summed E-state index contributed by atoms with van der Waals surface area (Å²) >= 11 is 0. The lowest BCUT2D eigenvalue weighted by atomic mass is 9.95. The average molecular weight is 428 g/mol. The number of halogens is 3. The van der Waals surface area contributed by atoms with Crippen molar-refractivity contribution in [3.05, 3.63) is 47.9 Å². The van der Waals surface area contributed by atoms with E-state index in [1.165, 1.54) is 6.33 Å². The fraction of sp³-hybridized carbons (Fsp3) is 0.381. The molecule has 2 aliphatic heterocycles. The zero-order valence-electron chi connectivity index (χ0n) is 16.4. The number of rotatable bonds is 3. The van der Waals surface area contributed by atoms with Crippen LogP contribution in [0.3, 0.4) is 0 Å². The number of benzene rings is 1. The van der Waals surface area contributed by atoms with Gasteiger partial charge in [0.15, 0.2) is 0 Å². The zero-order valence-corrected chi connectivity index (χ0v) is 16.4. The SMILES string of the molecule is N#C[C@@H]1CCN([C@H]2COc3ccccc3[C@@H]2Nc2ncnc3[nH]c(C(F)(F)F)cc23)C1. The van der Waals surface area contributed by atoms with Gasteiger partial charge in [-0.15, -0.1) is 0 Å². The summed E-state index contributed by atoms with van der Waals surface area (Å²) in [5, 5.41) is 12.9. The Hall–Kier alpha value is -3.32. The molecule has 3 aromatic rings. The van der Waals surface area contributed by atoms with E-state index in [-0.39, 0.29) is 29.0 Å². The zero-order chi connectivity index (χ0) is 21.6. The maximum Gasteiger partial charge on any atom is 0.431 e. The summed E-state index contributed by atoms with van der Waals surface area (Å²) in [6, 6.07) is 10.6. The van der Waals surface area contributed by atoms with Crippen LogP contribution in [-0.4, -0.2) is 45.6 Å². The quantitative estimate of drug-likeness (QED) is 0.661. The predicted octanol–water partition coefficient (Wildman–Crippen LogP) is 3.74. The molecule has 2 aliphatic rings. The number of fused-ring (bicyclic) bond motifs is 2. The largest absolute Gasteiger partial charge is 0.491 e. The van der Waals surface area contributed by atoms with E-state index in [0.717, 1.165) is 30.3 Å². The van der Waals surface area contributed by atoms with Crippen molar-refractivity contribution in [1.29, 1.82) is 5.26 Å². The molecule has 1 fully saturated rings. The summed E-state index contributed by atoms with van der Waals surface area (Å²) in [5.41, 5.74) is 0.149. The van der Waals surface area contributed by atoms with Crippen LogP contribution in [0.4, 0.5) is 19.0 Å². The van der Waals surface area contributed by atoms with E-state index >= 15 is 0 Å². The minimum absolute atomic E-state index is 0.0393. The molecule has 1 saturated heterocycles. The lowest BCUT2D eigenvalue weighted by molar-refractivity contribution is -0.140. The Morgan fingerprint density at radius 3 is 2.87 bits per heavy atom. The molecule has 7 nitrogen and oxygen atoms in total. The molecule has 2 N–H and O–H groups in total. The molecule has 1 aromatic carbocycles. The molecule has 4 heterocycles. The van der Waals surface area contributed by atoms with Crippen LogP contribution in [0.25, 0.3) is 11.0 Å². The van der Waals surface area contributed by atoms with Gasteiger partial charge in [0, 0.05) is 18.7 Å². The third-order valence-electron chi connectivity index (χ3n) is 5.94. The Bertz CT molecular complexity index is 1150. The number of nitrogens with one attached hydrogen (secondary N) is 2. The average Bonchev–Trinajstić information content (AvgIpc) is 3.41. The van der Waals surface area contributed by atoms with Crippen molar-refractivity contribution in [1.82, 2.24) is 19.9 Å². The number of alkyl halides is 3. The molecule has 2 aromatic heterocycles. The first kappa shape index (κ1) is 19.6. The third-order valence-corrected chi connectivity index (χ3v) is 5.94. The van der Waals surface area contributed by atoms with E-state index in [1.807, 2.05) is 24.3 Å². The van der Waals surface area contributed by atoms with Crippen molar-refractivity contribution < 1.29 is 17.9 Å². The van der Waals surface area contributed by atoms with E-state index in [0.29, 0.717) is 19.0 Å². The molecule has 0 unspecified atom stereocenters. The van der Waals surface area contributed by atoms with Crippen LogP contribution in [0.2, 0.25) is 0 Å². The fourth-order valence-electron chi connectivity index (χ4n) is 4.39. The number of hydrogen-bond donors (Lipinski definition) is 2. The fourth-order valence-corrected chi connectivity index (χ4v) is 4.39. The number of aromatic amines is 1. The highest BCUT2D eigenvalue weighted by Crippen LogP contribution is 2.39. The molecule has 31 heavy (non-hydrogen) atoms. The molecule has 5 rings (SSSR count). The summed E-state index contributed by atoms with van der Waals surface area (Å²) in [7, 11) is 0. The van der Waals surface area contributed by atoms with Gasteiger partial charge in [0.1, 0.15) is 35.8 Å². The Kier molecular flexibility index (Phi) is 4.70. The summed E-state index contributed by atoms with van der Waals surface area (Å²) in [6.07, 6.45) is -2.48. The van der Waals surface area contributed by atoms with Crippen LogP contribution in [0.1, 0.15) is 23.7 Å². The molecule has 0 saturated carbocycles. The number of aromatic nitrogens is 3. The number of para-hydroxylation sites is 1. The Labute approximate surface area is 175 Å². The second-order valence-electron chi connectivity index (χ2n) is 7.81. The van der Waals surface area contributed by atoms with Crippen molar-refractivity contribution in [3.8, 4) is 11.8 Å². The third kappa shape index (κ3) is 3.55. The molecule has 160 valence electrons. The molecule has 0 amide bonds. The minimum atomic E-state index is -4.51. The number of nitriles is 1. The normalized spacial score (nSPS) is 23.9. The van der Waals surface area contributed by atoms with E-state index < -0.39 is 11.9 Å². The first-order valence-corrected chi connectivity index (χ1v) is 9.97. The van der Waals surface area contributed by atoms with E-state index in [2.05, 4.69) is 31.2 Å². The van der Waals surface area contributed by atoms with Crippen molar-refractivity contribution >= 4 is 16.9 Å². The van der Waals surface area contributed by atoms with Crippen LogP contribution in [0.5, 0.6) is 5.75 Å². The molecule has 0 aliphatic carbocycles. The summed E-state index contributed by atoms with van der Waals surface area (Å²) in [6.45, 7) is 1.79. The highest BCUT2D eigenvalue weighted by Gasteiger charge is 2.39. The minimum Gasteiger partial charge on any atom is -0.491 e. The van der Waals surface area contributed by atoms with Gasteiger partial charge < -0.3 is 15.0 Å². The summed E-state index contributed by atoms with van der Waals surface area (Å²) in [4.78, 5) is 12.7. The highest BCUT2D eigenvalue weighted by atomic mass is 19.4. The highest BCUT2D eigenvalue weighted by molar-refractivity contribution is 5.88. The van der Waals surface area contributed by atoms with Crippen LogP contribution in [0, 0.1) is 17.2 Å². The van der Waals surface area contributed by atoms with Gasteiger partial charge in [-0.2, -0.15) is 18.4 Å². The first-order valence-electron chi connectivity index (χ1n) is 9.97. The Morgan fingerprint density at radius 2 is 2.10 bits per heavy atom. The van der Waals surface area contributed by atoms with Gasteiger partial charge in [0.05, 0.1) is 29.5 Å². The van der Waals surface area contributed by atoms with Crippen LogP contribution >= 0.6 is 0 Å². The van der Waals surface area contributed by atoms with Gasteiger partial charge in [-0.1, -0.05) is 18.2 Å². The van der Waals surface area contributed by atoms with Crippen molar-refractivity contribution in [3.63, 3.8) is 0 Å². The van der Waals surface area contributed by atoms with Crippen LogP contribution in [0.15, 0.2) is 36.7 Å². The summed E-state index contributed by atoms with van der Waals surface area (Å²) < 4.78 is 45.6. The van der Waals surface area contributed by atoms with Gasteiger partial charge >= 0.3 is 6.18 Å². The monoisotopic (exact) mass is 428 g/mol. The Balaban J connectivity index is 1.53. The van der Waals surface area contributed by atoms with Gasteiger partial charge in [0.2, 0.25) is 0 Å². The number of likely N-dealkylation sites (tertiary alicyclic amines) is 1. The van der Waals surface area contributed by atoms with Gasteiger partial charge in [-0.05, 0) is 18.6 Å². The number of ether oxygens (including phenoxy) is 1. The lowest BCUT2D eigenvalue weighted by Gasteiger charge is -2.39. The lowest BCUT2D eigenvalue weighted by Crippen LogP contribution is -2.47. The smallest absolute Gasteiger partial charge is 0.431 e. The molecule has 0 bridgehead atoms. The molecule has 10 heteroatoms. The predicted molar refractivity (Wildman–Crippen MR) is 106 cm³/mol. The number of hydrogen-bond acceptors (Lipinski definition) is 6. The number of anilines is 1.